The highest BCUT2D eigenvalue weighted by atomic mass is 32.1. The zero-order chi connectivity index (χ0) is 22.8. The van der Waals surface area contributed by atoms with Crippen LogP contribution in [0.4, 0.5) is 5.13 Å². The summed E-state index contributed by atoms with van der Waals surface area (Å²) in [6.45, 7) is 1.61. The number of methoxy groups -OCH3 is 1. The van der Waals surface area contributed by atoms with Gasteiger partial charge >= 0.3 is 5.63 Å². The first-order valence-corrected chi connectivity index (χ1v) is 9.90. The molecule has 11 heteroatoms. The number of ether oxygens (including phenoxy) is 1. The van der Waals surface area contributed by atoms with E-state index in [2.05, 4.69) is 15.5 Å². The zero-order valence-corrected chi connectivity index (χ0v) is 17.8. The molecule has 0 saturated carbocycles. The van der Waals surface area contributed by atoms with Crippen molar-refractivity contribution in [2.24, 2.45) is 0 Å². The molecule has 3 rings (SSSR count). The Hall–Kier alpha value is -3.73. The number of hydrogen-bond donors (Lipinski definition) is 3. The van der Waals surface area contributed by atoms with Crippen molar-refractivity contribution in [3.05, 3.63) is 68.2 Å². The van der Waals surface area contributed by atoms with Gasteiger partial charge in [0.25, 0.3) is 12.4 Å². The highest BCUT2D eigenvalue weighted by molar-refractivity contribution is 7.15. The quantitative estimate of drug-likeness (QED) is 0.460. The largest absolute Gasteiger partial charge is 0.497 e. The van der Waals surface area contributed by atoms with Crippen LogP contribution in [0.25, 0.3) is 0 Å². The maximum absolute atomic E-state index is 12.4. The standard InChI is InChI=1S/C19H20N4O4S.CH2O2/c1-11-9-14(8-5-12-3-6-13(26-2)7-4-12)27-18(25)16(11)17(24)21-10-15-22-23-19(20)28-15;2-1-3/h3-4,6-7,9H,5,8,10H2,1-2H3,(H2,20,23)(H,21,24);1H,(H,2,3). The summed E-state index contributed by atoms with van der Waals surface area (Å²) in [6.07, 6.45) is 1.25. The lowest BCUT2D eigenvalue weighted by atomic mass is 10.1. The number of nitrogens with two attached hydrogens (primary N) is 1. The van der Waals surface area contributed by atoms with Crippen molar-refractivity contribution in [2.45, 2.75) is 26.3 Å². The number of aromatic nitrogens is 2. The summed E-state index contributed by atoms with van der Waals surface area (Å²) in [5.41, 5.74) is 6.51. The van der Waals surface area contributed by atoms with Crippen molar-refractivity contribution in [3.63, 3.8) is 0 Å². The maximum Gasteiger partial charge on any atom is 0.349 e. The zero-order valence-electron chi connectivity index (χ0n) is 17.0. The molecule has 0 unspecified atom stereocenters. The molecule has 4 N–H and O–H groups in total. The Morgan fingerprint density at radius 3 is 2.52 bits per heavy atom. The number of rotatable bonds is 7. The summed E-state index contributed by atoms with van der Waals surface area (Å²) in [6, 6.07) is 9.42. The molecule has 0 fully saturated rings. The lowest BCUT2D eigenvalue weighted by Crippen LogP contribution is -2.29. The molecule has 0 spiro atoms. The van der Waals surface area contributed by atoms with Crippen LogP contribution < -0.4 is 21.4 Å². The summed E-state index contributed by atoms with van der Waals surface area (Å²) >= 11 is 1.17. The van der Waals surface area contributed by atoms with Crippen molar-refractivity contribution in [1.82, 2.24) is 15.5 Å². The van der Waals surface area contributed by atoms with E-state index < -0.39 is 11.5 Å². The third kappa shape index (κ3) is 6.93. The minimum Gasteiger partial charge on any atom is -0.497 e. The van der Waals surface area contributed by atoms with Crippen LogP contribution in [0.1, 0.15) is 32.3 Å². The van der Waals surface area contributed by atoms with E-state index in [0.29, 0.717) is 34.3 Å². The third-order valence-corrected chi connectivity index (χ3v) is 4.88. The van der Waals surface area contributed by atoms with E-state index in [1.54, 1.807) is 20.1 Å². The lowest BCUT2D eigenvalue weighted by Gasteiger charge is -2.08. The molecule has 1 aromatic carbocycles. The van der Waals surface area contributed by atoms with Crippen LogP contribution in [0.15, 0.2) is 39.5 Å². The summed E-state index contributed by atoms with van der Waals surface area (Å²) in [4.78, 5) is 33.0. The number of carboxylic acid groups (broad SMARTS) is 1. The molecule has 31 heavy (non-hydrogen) atoms. The first-order valence-electron chi connectivity index (χ1n) is 9.08. The van der Waals surface area contributed by atoms with Crippen LogP contribution in [0.2, 0.25) is 0 Å². The second-order valence-corrected chi connectivity index (χ2v) is 7.32. The number of nitrogens with zero attached hydrogens (tertiary/aromatic N) is 2. The number of amides is 1. The number of nitrogen functional groups attached to an aromatic ring is 1. The van der Waals surface area contributed by atoms with Gasteiger partial charge in [0, 0.05) is 6.42 Å². The number of carbonyl (C=O) groups excluding carboxylic acids is 1. The van der Waals surface area contributed by atoms with Gasteiger partial charge in [-0.15, -0.1) is 10.2 Å². The number of aryl methyl sites for hydroxylation is 3. The number of benzene rings is 1. The van der Waals surface area contributed by atoms with Gasteiger partial charge in [-0.25, -0.2) is 4.79 Å². The molecule has 0 bridgehead atoms. The molecule has 2 aromatic heterocycles. The summed E-state index contributed by atoms with van der Waals surface area (Å²) in [5, 5.41) is 17.9. The van der Waals surface area contributed by atoms with Gasteiger partial charge in [-0.3, -0.25) is 9.59 Å². The SMILES string of the molecule is COc1ccc(CCc2cc(C)c(C(=O)NCc3nnc(N)s3)c(=O)o2)cc1.O=CO. The molecular weight excluding hydrogens is 424 g/mol. The van der Waals surface area contributed by atoms with E-state index in [-0.39, 0.29) is 18.6 Å². The van der Waals surface area contributed by atoms with Crippen molar-refractivity contribution in [3.8, 4) is 5.75 Å². The minimum atomic E-state index is -0.654. The molecular formula is C20H22N4O6S. The highest BCUT2D eigenvalue weighted by Gasteiger charge is 2.17. The Kier molecular flexibility index (Phi) is 8.70. The minimum absolute atomic E-state index is 0.00863. The van der Waals surface area contributed by atoms with E-state index in [1.807, 2.05) is 24.3 Å². The molecule has 0 aliphatic carbocycles. The van der Waals surface area contributed by atoms with Gasteiger partial charge in [-0.2, -0.15) is 0 Å². The number of nitrogens with one attached hydrogen (secondary N) is 1. The fraction of sp³-hybridized carbons (Fsp3) is 0.250. The molecule has 0 radical (unpaired) electrons. The van der Waals surface area contributed by atoms with Gasteiger partial charge in [-0.05, 0) is 42.7 Å². The van der Waals surface area contributed by atoms with Gasteiger partial charge < -0.3 is 25.3 Å². The monoisotopic (exact) mass is 446 g/mol. The third-order valence-electron chi connectivity index (χ3n) is 4.13. The first-order chi connectivity index (χ1) is 14.9. The van der Waals surface area contributed by atoms with Crippen LogP contribution in [0.5, 0.6) is 5.75 Å². The topological polar surface area (TPSA) is 158 Å². The first kappa shape index (κ1) is 23.5. The number of hydrogen-bond acceptors (Lipinski definition) is 9. The average Bonchev–Trinajstić information content (AvgIpc) is 3.16. The molecule has 1 amide bonds. The number of anilines is 1. The van der Waals surface area contributed by atoms with Crippen molar-refractivity contribution in [2.75, 3.05) is 12.8 Å². The molecule has 10 nitrogen and oxygen atoms in total. The Morgan fingerprint density at radius 1 is 1.29 bits per heavy atom. The molecule has 2 heterocycles. The van der Waals surface area contributed by atoms with Crippen LogP contribution in [0.3, 0.4) is 0 Å². The molecule has 164 valence electrons. The summed E-state index contributed by atoms with van der Waals surface area (Å²) < 4.78 is 10.5. The van der Waals surface area contributed by atoms with Crippen LogP contribution in [-0.4, -0.2) is 34.8 Å². The normalized spacial score (nSPS) is 10.0. The van der Waals surface area contributed by atoms with Gasteiger partial charge in [0.15, 0.2) is 0 Å². The van der Waals surface area contributed by atoms with E-state index in [0.717, 1.165) is 11.3 Å². The second kappa shape index (κ2) is 11.5. The predicted molar refractivity (Wildman–Crippen MR) is 114 cm³/mol. The smallest absolute Gasteiger partial charge is 0.349 e. The Balaban J connectivity index is 0.00000107. The Morgan fingerprint density at radius 2 is 1.97 bits per heavy atom. The van der Waals surface area contributed by atoms with Gasteiger partial charge in [0.05, 0.1) is 13.7 Å². The maximum atomic E-state index is 12.4. The van der Waals surface area contributed by atoms with Gasteiger partial charge in [0.2, 0.25) is 5.13 Å². The highest BCUT2D eigenvalue weighted by Crippen LogP contribution is 2.15. The van der Waals surface area contributed by atoms with Gasteiger partial charge in [0.1, 0.15) is 22.1 Å². The van der Waals surface area contributed by atoms with Gasteiger partial charge in [-0.1, -0.05) is 23.5 Å². The lowest BCUT2D eigenvalue weighted by molar-refractivity contribution is -0.122. The average molecular weight is 446 g/mol. The molecule has 0 atom stereocenters. The van der Waals surface area contributed by atoms with Crippen molar-refractivity contribution in [1.29, 1.82) is 0 Å². The van der Waals surface area contributed by atoms with Crippen LogP contribution in [-0.2, 0) is 24.2 Å². The van der Waals surface area contributed by atoms with Crippen LogP contribution in [0, 0.1) is 6.92 Å². The molecule has 0 aliphatic rings. The van der Waals surface area contributed by atoms with Crippen LogP contribution >= 0.6 is 11.3 Å². The fourth-order valence-corrected chi connectivity index (χ4v) is 3.26. The number of carbonyl (C=O) groups is 2. The predicted octanol–water partition coefficient (Wildman–Crippen LogP) is 1.81. The van der Waals surface area contributed by atoms with E-state index >= 15 is 0 Å². The van der Waals surface area contributed by atoms with E-state index in [9.17, 15) is 9.59 Å². The second-order valence-electron chi connectivity index (χ2n) is 6.23. The fourth-order valence-electron chi connectivity index (χ4n) is 2.71. The molecule has 3 aromatic rings. The molecule has 0 saturated heterocycles. The summed E-state index contributed by atoms with van der Waals surface area (Å²) in [5.74, 6) is 0.811. The van der Waals surface area contributed by atoms with Crippen molar-refractivity contribution >= 4 is 28.8 Å². The summed E-state index contributed by atoms with van der Waals surface area (Å²) in [7, 11) is 1.62. The van der Waals surface area contributed by atoms with E-state index in [1.165, 1.54) is 11.3 Å². The Labute approximate surface area is 181 Å². The van der Waals surface area contributed by atoms with Crippen molar-refractivity contribution < 1.29 is 23.8 Å². The molecule has 0 aliphatic heterocycles. The van der Waals surface area contributed by atoms with E-state index in [4.69, 9.17) is 24.8 Å². The Bertz CT molecular complexity index is 1080.